The Bertz CT molecular complexity index is 1310. The van der Waals surface area contributed by atoms with Gasteiger partial charge in [0.05, 0.1) is 35.2 Å². The van der Waals surface area contributed by atoms with E-state index in [1.165, 1.54) is 0 Å². The summed E-state index contributed by atoms with van der Waals surface area (Å²) in [6.45, 7) is 0.943. The molecule has 3 aromatic carbocycles. The molecule has 6 nitrogen and oxygen atoms in total. The van der Waals surface area contributed by atoms with Crippen LogP contribution in [0.15, 0.2) is 82.4 Å². The largest absolute Gasteiger partial charge is 0.326 e. The van der Waals surface area contributed by atoms with Crippen LogP contribution in [0.5, 0.6) is 0 Å². The molecule has 2 N–H and O–H groups in total. The molecular formula is C22H18N4O2. The molecule has 5 aromatic rings. The molecule has 0 atom stereocenters. The Labute approximate surface area is 159 Å². The van der Waals surface area contributed by atoms with Gasteiger partial charge in [-0.25, -0.2) is 9.59 Å². The molecule has 0 bridgehead atoms. The molecule has 0 amide bonds. The van der Waals surface area contributed by atoms with Crippen molar-refractivity contribution < 1.29 is 0 Å². The highest BCUT2D eigenvalue weighted by molar-refractivity contribution is 5.75. The SMILES string of the molecule is O=c1[nH]c2ccccc2n1Cc1cccc(Cn2c(=O)[nH]c3ccccc32)c1. The first-order chi connectivity index (χ1) is 13.7. The van der Waals surface area contributed by atoms with Gasteiger partial charge in [0.15, 0.2) is 0 Å². The fourth-order valence-corrected chi connectivity index (χ4v) is 3.72. The number of aromatic nitrogens is 4. The number of nitrogens with zero attached hydrogens (tertiary/aromatic N) is 2. The molecule has 0 aliphatic rings. The molecule has 0 spiro atoms. The molecule has 28 heavy (non-hydrogen) atoms. The third-order valence-corrected chi connectivity index (χ3v) is 5.04. The van der Waals surface area contributed by atoms with Gasteiger partial charge in [-0.1, -0.05) is 48.5 Å². The van der Waals surface area contributed by atoms with Crippen molar-refractivity contribution in [1.82, 2.24) is 19.1 Å². The zero-order valence-electron chi connectivity index (χ0n) is 15.1. The lowest BCUT2D eigenvalue weighted by molar-refractivity contribution is 0.769. The quantitative estimate of drug-likeness (QED) is 0.510. The lowest BCUT2D eigenvalue weighted by atomic mass is 10.1. The van der Waals surface area contributed by atoms with E-state index < -0.39 is 0 Å². The van der Waals surface area contributed by atoms with Crippen LogP contribution in [0, 0.1) is 0 Å². The Hall–Kier alpha value is -3.80. The van der Waals surface area contributed by atoms with Crippen LogP contribution in [0.3, 0.4) is 0 Å². The maximum Gasteiger partial charge on any atom is 0.326 e. The highest BCUT2D eigenvalue weighted by Crippen LogP contribution is 2.15. The summed E-state index contributed by atoms with van der Waals surface area (Å²) in [7, 11) is 0. The van der Waals surface area contributed by atoms with E-state index in [1.807, 2.05) is 72.8 Å². The number of hydrogen-bond donors (Lipinski definition) is 2. The van der Waals surface area contributed by atoms with E-state index in [1.54, 1.807) is 9.13 Å². The standard InChI is InChI=1S/C22H18N4O2/c27-21-23-17-8-1-3-10-19(17)25(21)13-15-6-5-7-16(12-15)14-26-20-11-4-2-9-18(20)24-22(26)28/h1-12H,13-14H2,(H,23,27)(H,24,28). The van der Waals surface area contributed by atoms with E-state index in [0.717, 1.165) is 33.2 Å². The molecule has 2 heterocycles. The van der Waals surface area contributed by atoms with E-state index in [9.17, 15) is 9.59 Å². The van der Waals surface area contributed by atoms with Crippen molar-refractivity contribution in [2.75, 3.05) is 0 Å². The maximum absolute atomic E-state index is 12.3. The summed E-state index contributed by atoms with van der Waals surface area (Å²) in [6, 6.07) is 23.3. The van der Waals surface area contributed by atoms with Crippen LogP contribution in [0.2, 0.25) is 0 Å². The number of fused-ring (bicyclic) bond motifs is 2. The zero-order chi connectivity index (χ0) is 19.1. The lowest BCUT2D eigenvalue weighted by Crippen LogP contribution is -2.18. The molecule has 0 radical (unpaired) electrons. The van der Waals surface area contributed by atoms with Crippen molar-refractivity contribution in [3.05, 3.63) is 105 Å². The molecular weight excluding hydrogens is 352 g/mol. The molecule has 0 fully saturated rings. The molecule has 0 unspecified atom stereocenters. The van der Waals surface area contributed by atoms with Crippen molar-refractivity contribution in [2.45, 2.75) is 13.1 Å². The fourth-order valence-electron chi connectivity index (χ4n) is 3.72. The van der Waals surface area contributed by atoms with E-state index in [-0.39, 0.29) is 11.4 Å². The van der Waals surface area contributed by atoms with Gasteiger partial charge in [-0.05, 0) is 35.4 Å². The molecule has 138 valence electrons. The van der Waals surface area contributed by atoms with Crippen LogP contribution < -0.4 is 11.4 Å². The summed E-state index contributed by atoms with van der Waals surface area (Å²) in [6.07, 6.45) is 0. The Morgan fingerprint density at radius 1 is 0.607 bits per heavy atom. The zero-order valence-corrected chi connectivity index (χ0v) is 15.1. The normalized spacial score (nSPS) is 11.4. The Morgan fingerprint density at radius 3 is 1.57 bits per heavy atom. The van der Waals surface area contributed by atoms with Gasteiger partial charge in [0.25, 0.3) is 0 Å². The smallest absolute Gasteiger partial charge is 0.306 e. The van der Waals surface area contributed by atoms with Gasteiger partial charge in [0.1, 0.15) is 0 Å². The minimum absolute atomic E-state index is 0.126. The monoisotopic (exact) mass is 370 g/mol. The van der Waals surface area contributed by atoms with E-state index in [0.29, 0.717) is 13.1 Å². The minimum atomic E-state index is -0.126. The predicted molar refractivity (Wildman–Crippen MR) is 110 cm³/mol. The van der Waals surface area contributed by atoms with Gasteiger partial charge >= 0.3 is 11.4 Å². The Balaban J connectivity index is 1.50. The second-order valence-electron chi connectivity index (χ2n) is 6.89. The topological polar surface area (TPSA) is 75.6 Å². The van der Waals surface area contributed by atoms with Crippen molar-refractivity contribution in [3.63, 3.8) is 0 Å². The Kier molecular flexibility index (Phi) is 3.76. The second kappa shape index (κ2) is 6.42. The molecule has 0 saturated heterocycles. The van der Waals surface area contributed by atoms with Gasteiger partial charge in [0, 0.05) is 0 Å². The number of para-hydroxylation sites is 4. The van der Waals surface area contributed by atoms with E-state index >= 15 is 0 Å². The van der Waals surface area contributed by atoms with Crippen molar-refractivity contribution >= 4 is 22.1 Å². The minimum Gasteiger partial charge on any atom is -0.306 e. The lowest BCUT2D eigenvalue weighted by Gasteiger charge is -2.08. The first-order valence-electron chi connectivity index (χ1n) is 9.12. The van der Waals surface area contributed by atoms with E-state index in [2.05, 4.69) is 9.97 Å². The summed E-state index contributed by atoms with van der Waals surface area (Å²) >= 11 is 0. The van der Waals surface area contributed by atoms with Gasteiger partial charge in [-0.15, -0.1) is 0 Å². The van der Waals surface area contributed by atoms with Crippen LogP contribution in [0.25, 0.3) is 22.1 Å². The van der Waals surface area contributed by atoms with Gasteiger partial charge in [-0.3, -0.25) is 9.13 Å². The van der Waals surface area contributed by atoms with Gasteiger partial charge in [0.2, 0.25) is 0 Å². The number of hydrogen-bond acceptors (Lipinski definition) is 2. The summed E-state index contributed by atoms with van der Waals surface area (Å²) < 4.78 is 3.46. The summed E-state index contributed by atoms with van der Waals surface area (Å²) in [5.41, 5.74) is 5.19. The van der Waals surface area contributed by atoms with Crippen molar-refractivity contribution in [1.29, 1.82) is 0 Å². The van der Waals surface area contributed by atoms with Crippen molar-refractivity contribution in [2.24, 2.45) is 0 Å². The Morgan fingerprint density at radius 2 is 1.07 bits per heavy atom. The third kappa shape index (κ3) is 2.75. The first-order valence-corrected chi connectivity index (χ1v) is 9.12. The fraction of sp³-hybridized carbons (Fsp3) is 0.0909. The number of nitrogens with one attached hydrogen (secondary N) is 2. The molecule has 0 aliphatic heterocycles. The van der Waals surface area contributed by atoms with Crippen LogP contribution in [0.1, 0.15) is 11.1 Å². The summed E-state index contributed by atoms with van der Waals surface area (Å²) in [4.78, 5) is 30.4. The number of aromatic amines is 2. The highest BCUT2D eigenvalue weighted by Gasteiger charge is 2.09. The maximum atomic E-state index is 12.3. The van der Waals surface area contributed by atoms with Crippen LogP contribution in [-0.4, -0.2) is 19.1 Å². The molecule has 2 aromatic heterocycles. The van der Waals surface area contributed by atoms with Gasteiger partial charge in [-0.2, -0.15) is 0 Å². The number of imidazole rings is 2. The van der Waals surface area contributed by atoms with E-state index in [4.69, 9.17) is 0 Å². The number of benzene rings is 3. The molecule has 0 aliphatic carbocycles. The molecule has 0 saturated carbocycles. The summed E-state index contributed by atoms with van der Waals surface area (Å²) in [5, 5.41) is 0. The number of rotatable bonds is 4. The van der Waals surface area contributed by atoms with Crippen molar-refractivity contribution in [3.8, 4) is 0 Å². The first kappa shape index (κ1) is 16.4. The van der Waals surface area contributed by atoms with Gasteiger partial charge < -0.3 is 9.97 Å². The number of H-pyrrole nitrogens is 2. The average Bonchev–Trinajstić information content (AvgIpc) is 3.19. The van der Waals surface area contributed by atoms with Crippen LogP contribution in [-0.2, 0) is 13.1 Å². The van der Waals surface area contributed by atoms with Crippen LogP contribution in [0.4, 0.5) is 0 Å². The van der Waals surface area contributed by atoms with Crippen LogP contribution >= 0.6 is 0 Å². The highest BCUT2D eigenvalue weighted by atomic mass is 16.1. The molecule has 6 heteroatoms. The second-order valence-corrected chi connectivity index (χ2v) is 6.89. The summed E-state index contributed by atoms with van der Waals surface area (Å²) in [5.74, 6) is 0. The molecule has 5 rings (SSSR count). The third-order valence-electron chi connectivity index (χ3n) is 5.04. The average molecular weight is 370 g/mol. The predicted octanol–water partition coefficient (Wildman–Crippen LogP) is 3.07.